The Morgan fingerprint density at radius 2 is 2.10 bits per heavy atom. The van der Waals surface area contributed by atoms with Gasteiger partial charge in [-0.2, -0.15) is 0 Å². The zero-order valence-corrected chi connectivity index (χ0v) is 12.1. The summed E-state index contributed by atoms with van der Waals surface area (Å²) in [5, 5.41) is 0. The summed E-state index contributed by atoms with van der Waals surface area (Å²) < 4.78 is 1.37. The molecule has 0 spiro atoms. The van der Waals surface area contributed by atoms with Crippen molar-refractivity contribution in [2.75, 3.05) is 11.4 Å². The lowest BCUT2D eigenvalue weighted by Crippen LogP contribution is -2.30. The molecule has 0 N–H and O–H groups in total. The topological polar surface area (TPSA) is 71.8 Å². The highest BCUT2D eigenvalue weighted by molar-refractivity contribution is 5.88. The van der Waals surface area contributed by atoms with Crippen LogP contribution in [0.1, 0.15) is 35.8 Å². The number of aromatic nitrogens is 2. The van der Waals surface area contributed by atoms with E-state index in [0.717, 1.165) is 12.8 Å². The molecular weight excluding hydrogens is 270 g/mol. The van der Waals surface area contributed by atoms with E-state index in [1.54, 1.807) is 25.1 Å². The van der Waals surface area contributed by atoms with E-state index in [1.807, 2.05) is 6.92 Å². The number of carbonyl (C=O) groups excluding carboxylic acids is 2. The lowest BCUT2D eigenvalue weighted by atomic mass is 10.2. The number of amides is 1. The Morgan fingerprint density at radius 1 is 1.33 bits per heavy atom. The van der Waals surface area contributed by atoms with E-state index in [4.69, 9.17) is 0 Å². The summed E-state index contributed by atoms with van der Waals surface area (Å²) >= 11 is 0. The van der Waals surface area contributed by atoms with E-state index in [1.165, 1.54) is 9.30 Å². The molecule has 0 aliphatic heterocycles. The van der Waals surface area contributed by atoms with Crippen molar-refractivity contribution >= 4 is 24.2 Å². The molecule has 0 aliphatic carbocycles. The Balaban J connectivity index is 2.71. The smallest absolute Gasteiger partial charge is 0.270 e. The predicted molar refractivity (Wildman–Crippen MR) is 79.9 cm³/mol. The van der Waals surface area contributed by atoms with Crippen LogP contribution < -0.4 is 10.5 Å². The molecule has 0 aromatic carbocycles. The van der Waals surface area contributed by atoms with E-state index >= 15 is 0 Å². The molecule has 110 valence electrons. The van der Waals surface area contributed by atoms with Crippen molar-refractivity contribution in [1.82, 2.24) is 9.38 Å². The summed E-state index contributed by atoms with van der Waals surface area (Å²) in [6.45, 7) is 4.18. The lowest BCUT2D eigenvalue weighted by Gasteiger charge is -2.18. The molecule has 2 rings (SSSR count). The van der Waals surface area contributed by atoms with E-state index in [-0.39, 0.29) is 11.4 Å². The number of hydrogen-bond acceptors (Lipinski definition) is 4. The van der Waals surface area contributed by atoms with Crippen LogP contribution in [0.2, 0.25) is 0 Å². The van der Waals surface area contributed by atoms with Gasteiger partial charge < -0.3 is 0 Å². The maximum absolute atomic E-state index is 12.4. The predicted octanol–water partition coefficient (Wildman–Crippen LogP) is 1.58. The number of pyridine rings is 1. The second kappa shape index (κ2) is 6.30. The molecule has 2 heterocycles. The summed E-state index contributed by atoms with van der Waals surface area (Å²) in [6, 6.07) is 5.22. The Kier molecular flexibility index (Phi) is 4.47. The second-order valence-electron chi connectivity index (χ2n) is 4.79. The molecule has 21 heavy (non-hydrogen) atoms. The van der Waals surface area contributed by atoms with Crippen molar-refractivity contribution in [2.45, 2.75) is 26.7 Å². The van der Waals surface area contributed by atoms with E-state index < -0.39 is 5.56 Å². The van der Waals surface area contributed by atoms with Gasteiger partial charge >= 0.3 is 0 Å². The van der Waals surface area contributed by atoms with Crippen molar-refractivity contribution in [3.8, 4) is 0 Å². The Labute approximate surface area is 122 Å². The van der Waals surface area contributed by atoms with Gasteiger partial charge in [0.15, 0.2) is 12.1 Å². The third-order valence-electron chi connectivity index (χ3n) is 3.33. The standard InChI is InChI=1S/C15H17N3O3/c1-3-4-8-17(10-20)14-12(9-19)15(21)18-11(2)6-5-7-13(18)16-14/h5-7,9-10H,3-4,8H2,1-2H3. The van der Waals surface area contributed by atoms with Crippen LogP contribution in [-0.4, -0.2) is 28.6 Å². The van der Waals surface area contributed by atoms with Crippen molar-refractivity contribution < 1.29 is 9.59 Å². The average Bonchev–Trinajstić information content (AvgIpc) is 2.48. The molecule has 6 nitrogen and oxygen atoms in total. The van der Waals surface area contributed by atoms with Gasteiger partial charge in [-0.25, -0.2) is 4.98 Å². The largest absolute Gasteiger partial charge is 0.299 e. The Bertz CT molecular complexity index is 737. The molecule has 2 aromatic heterocycles. The molecule has 2 aromatic rings. The van der Waals surface area contributed by atoms with Crippen molar-refractivity contribution in [2.24, 2.45) is 0 Å². The first-order valence-electron chi connectivity index (χ1n) is 6.83. The molecule has 0 saturated heterocycles. The van der Waals surface area contributed by atoms with Crippen molar-refractivity contribution in [1.29, 1.82) is 0 Å². The van der Waals surface area contributed by atoms with Crippen LogP contribution in [0.15, 0.2) is 23.0 Å². The molecule has 0 saturated carbocycles. The SMILES string of the molecule is CCCCN(C=O)c1nc2cccc(C)n2c(=O)c1C=O. The highest BCUT2D eigenvalue weighted by atomic mass is 16.1. The molecule has 0 bridgehead atoms. The van der Waals surface area contributed by atoms with E-state index in [0.29, 0.717) is 30.6 Å². The van der Waals surface area contributed by atoms with Gasteiger partial charge in [0.05, 0.1) is 0 Å². The third-order valence-corrected chi connectivity index (χ3v) is 3.33. The lowest BCUT2D eigenvalue weighted by molar-refractivity contribution is -0.107. The highest BCUT2D eigenvalue weighted by Crippen LogP contribution is 2.15. The van der Waals surface area contributed by atoms with Crippen LogP contribution in [0.3, 0.4) is 0 Å². The van der Waals surface area contributed by atoms with Crippen LogP contribution >= 0.6 is 0 Å². The molecule has 0 unspecified atom stereocenters. The highest BCUT2D eigenvalue weighted by Gasteiger charge is 2.18. The van der Waals surface area contributed by atoms with Crippen LogP contribution in [0.4, 0.5) is 5.82 Å². The van der Waals surface area contributed by atoms with Crippen LogP contribution in [0, 0.1) is 6.92 Å². The normalized spacial score (nSPS) is 10.6. The molecule has 1 amide bonds. The number of nitrogens with zero attached hydrogens (tertiary/aromatic N) is 3. The minimum absolute atomic E-state index is 0.0926. The monoisotopic (exact) mass is 287 g/mol. The zero-order valence-electron chi connectivity index (χ0n) is 12.1. The zero-order chi connectivity index (χ0) is 15.4. The van der Waals surface area contributed by atoms with Gasteiger partial charge in [0.1, 0.15) is 11.2 Å². The van der Waals surface area contributed by atoms with Gasteiger partial charge in [0, 0.05) is 12.2 Å². The number of aldehydes is 1. The van der Waals surface area contributed by atoms with Gasteiger partial charge in [-0.15, -0.1) is 0 Å². The van der Waals surface area contributed by atoms with E-state index in [9.17, 15) is 14.4 Å². The number of aryl methyl sites for hydroxylation is 1. The minimum atomic E-state index is -0.452. The second-order valence-corrected chi connectivity index (χ2v) is 4.79. The van der Waals surface area contributed by atoms with Crippen LogP contribution in [0.5, 0.6) is 0 Å². The molecule has 0 radical (unpaired) electrons. The molecule has 0 aliphatic rings. The molecule has 0 atom stereocenters. The van der Waals surface area contributed by atoms with Crippen molar-refractivity contribution in [3.63, 3.8) is 0 Å². The summed E-state index contributed by atoms with van der Waals surface area (Å²) in [5.41, 5.74) is 0.561. The quantitative estimate of drug-likeness (QED) is 0.756. The number of carbonyl (C=O) groups is 2. The van der Waals surface area contributed by atoms with Gasteiger partial charge in [-0.05, 0) is 25.5 Å². The number of unbranched alkanes of at least 4 members (excludes halogenated alkanes) is 1. The fourth-order valence-electron chi connectivity index (χ4n) is 2.20. The Hall–Kier alpha value is -2.50. The van der Waals surface area contributed by atoms with Gasteiger partial charge in [0.2, 0.25) is 6.41 Å². The third kappa shape index (κ3) is 2.69. The summed E-state index contributed by atoms with van der Waals surface area (Å²) in [5.74, 6) is 0.129. The van der Waals surface area contributed by atoms with Gasteiger partial charge in [-0.1, -0.05) is 19.4 Å². The maximum Gasteiger partial charge on any atom is 0.270 e. The Morgan fingerprint density at radius 3 is 2.71 bits per heavy atom. The fourth-order valence-corrected chi connectivity index (χ4v) is 2.20. The summed E-state index contributed by atoms with van der Waals surface area (Å²) in [7, 11) is 0. The first-order chi connectivity index (χ1) is 10.1. The average molecular weight is 287 g/mol. The van der Waals surface area contributed by atoms with Gasteiger partial charge in [0.25, 0.3) is 5.56 Å². The minimum Gasteiger partial charge on any atom is -0.299 e. The summed E-state index contributed by atoms with van der Waals surface area (Å²) in [4.78, 5) is 40.6. The number of hydrogen-bond donors (Lipinski definition) is 0. The van der Waals surface area contributed by atoms with E-state index in [2.05, 4.69) is 4.98 Å². The number of anilines is 1. The molecular formula is C15H17N3O3. The number of rotatable bonds is 6. The fraction of sp³-hybridized carbons (Fsp3) is 0.333. The van der Waals surface area contributed by atoms with Crippen LogP contribution in [-0.2, 0) is 4.79 Å². The maximum atomic E-state index is 12.4. The first-order valence-corrected chi connectivity index (χ1v) is 6.83. The number of fused-ring (bicyclic) bond motifs is 1. The molecule has 0 fully saturated rings. The van der Waals surface area contributed by atoms with Crippen molar-refractivity contribution in [3.05, 3.63) is 39.8 Å². The summed E-state index contributed by atoms with van der Waals surface area (Å²) in [6.07, 6.45) is 2.74. The first kappa shape index (κ1) is 14.9. The van der Waals surface area contributed by atoms with Gasteiger partial charge in [-0.3, -0.25) is 23.7 Å². The molecule has 6 heteroatoms. The van der Waals surface area contributed by atoms with Crippen LogP contribution in [0.25, 0.3) is 5.65 Å².